The first kappa shape index (κ1) is 10.7. The molecule has 0 aromatic heterocycles. The number of rotatable bonds is 1. The Hall–Kier alpha value is -1.79. The van der Waals surface area contributed by atoms with E-state index < -0.39 is 10.1 Å². The Kier molecular flexibility index (Phi) is 2.25. The molecule has 5 nitrogen and oxygen atoms in total. The maximum Gasteiger partial charge on any atom is 0.295 e. The topological polar surface area (TPSA) is 106 Å². The largest absolute Gasteiger partial charge is 0.397 e. The minimum Gasteiger partial charge on any atom is -0.397 e. The predicted octanol–water partition coefficient (Wildman–Crippen LogP) is 1.25. The maximum atomic E-state index is 11.1. The zero-order chi connectivity index (χ0) is 11.9. The Labute approximate surface area is 92.4 Å². The van der Waals surface area contributed by atoms with Crippen molar-refractivity contribution in [2.24, 2.45) is 0 Å². The molecule has 2 aromatic rings. The first-order valence-corrected chi connectivity index (χ1v) is 5.89. The van der Waals surface area contributed by atoms with Gasteiger partial charge in [-0.3, -0.25) is 4.55 Å². The van der Waals surface area contributed by atoms with Gasteiger partial charge in [0.05, 0.1) is 11.4 Å². The van der Waals surface area contributed by atoms with E-state index in [0.29, 0.717) is 22.1 Å². The van der Waals surface area contributed by atoms with Crippen LogP contribution in [-0.2, 0) is 10.1 Å². The van der Waals surface area contributed by atoms with Gasteiger partial charge in [-0.1, -0.05) is 18.2 Å². The number of hydrogen-bond acceptors (Lipinski definition) is 4. The van der Waals surface area contributed by atoms with Crippen molar-refractivity contribution in [3.63, 3.8) is 0 Å². The van der Waals surface area contributed by atoms with Crippen LogP contribution in [-0.4, -0.2) is 13.0 Å². The number of hydrogen-bond donors (Lipinski definition) is 3. The highest BCUT2D eigenvalue weighted by atomic mass is 32.2. The molecule has 0 bridgehead atoms. The highest BCUT2D eigenvalue weighted by Gasteiger charge is 2.14. The highest BCUT2D eigenvalue weighted by molar-refractivity contribution is 7.86. The molecule has 0 fully saturated rings. The van der Waals surface area contributed by atoms with E-state index in [1.807, 2.05) is 0 Å². The van der Waals surface area contributed by atoms with E-state index in [1.54, 1.807) is 6.07 Å². The van der Waals surface area contributed by atoms with Gasteiger partial charge in [0.2, 0.25) is 0 Å². The Morgan fingerprint density at radius 3 is 2.31 bits per heavy atom. The van der Waals surface area contributed by atoms with Crippen molar-refractivity contribution in [3.8, 4) is 0 Å². The normalized spacial score (nSPS) is 11.8. The van der Waals surface area contributed by atoms with Gasteiger partial charge >= 0.3 is 0 Å². The summed E-state index contributed by atoms with van der Waals surface area (Å²) in [7, 11) is -4.26. The number of fused-ring (bicyclic) bond motifs is 1. The van der Waals surface area contributed by atoms with E-state index in [1.165, 1.54) is 24.3 Å². The van der Waals surface area contributed by atoms with Crippen LogP contribution >= 0.6 is 0 Å². The molecule has 16 heavy (non-hydrogen) atoms. The maximum absolute atomic E-state index is 11.1. The van der Waals surface area contributed by atoms with Crippen LogP contribution in [0.25, 0.3) is 10.8 Å². The molecular weight excluding hydrogens is 228 g/mol. The average molecular weight is 238 g/mol. The fraction of sp³-hybridized carbons (Fsp3) is 0. The molecule has 0 atom stereocenters. The smallest absolute Gasteiger partial charge is 0.295 e. The Bertz CT molecular complexity index is 665. The quantitative estimate of drug-likeness (QED) is 0.512. The van der Waals surface area contributed by atoms with Gasteiger partial charge in [0.15, 0.2) is 0 Å². The van der Waals surface area contributed by atoms with Gasteiger partial charge in [0.1, 0.15) is 4.90 Å². The highest BCUT2D eigenvalue weighted by Crippen LogP contribution is 2.30. The van der Waals surface area contributed by atoms with Crippen LogP contribution < -0.4 is 11.5 Å². The molecule has 0 unspecified atom stereocenters. The molecular formula is C10H10N2O3S. The fourth-order valence-electron chi connectivity index (χ4n) is 1.59. The second-order valence-corrected chi connectivity index (χ2v) is 4.78. The number of anilines is 2. The van der Waals surface area contributed by atoms with Crippen molar-refractivity contribution >= 4 is 32.3 Å². The van der Waals surface area contributed by atoms with Gasteiger partial charge in [-0.25, -0.2) is 0 Å². The molecule has 0 saturated carbocycles. The third kappa shape index (κ3) is 1.58. The number of nitrogens with two attached hydrogens (primary N) is 2. The molecule has 84 valence electrons. The summed E-state index contributed by atoms with van der Waals surface area (Å²) in [5.41, 5.74) is 12.0. The van der Waals surface area contributed by atoms with Gasteiger partial charge in [-0.15, -0.1) is 0 Å². The second kappa shape index (κ2) is 3.36. The van der Waals surface area contributed by atoms with Crippen LogP contribution in [0.1, 0.15) is 0 Å². The van der Waals surface area contributed by atoms with Crippen molar-refractivity contribution in [2.45, 2.75) is 4.90 Å². The van der Waals surface area contributed by atoms with Crippen molar-refractivity contribution in [3.05, 3.63) is 30.3 Å². The van der Waals surface area contributed by atoms with E-state index >= 15 is 0 Å². The van der Waals surface area contributed by atoms with Gasteiger partial charge in [0, 0.05) is 10.8 Å². The predicted molar refractivity (Wildman–Crippen MR) is 62.6 cm³/mol. The molecule has 2 rings (SSSR count). The Morgan fingerprint density at radius 1 is 1.00 bits per heavy atom. The molecule has 0 aliphatic heterocycles. The van der Waals surface area contributed by atoms with Crippen molar-refractivity contribution < 1.29 is 13.0 Å². The van der Waals surface area contributed by atoms with Gasteiger partial charge in [-0.05, 0) is 12.1 Å². The van der Waals surface area contributed by atoms with Crippen LogP contribution in [0.5, 0.6) is 0 Å². The zero-order valence-electron chi connectivity index (χ0n) is 8.21. The van der Waals surface area contributed by atoms with Gasteiger partial charge in [-0.2, -0.15) is 8.42 Å². The molecule has 5 N–H and O–H groups in total. The molecule has 0 heterocycles. The summed E-state index contributed by atoms with van der Waals surface area (Å²) in [4.78, 5) is -0.170. The summed E-state index contributed by atoms with van der Waals surface area (Å²) in [6, 6.07) is 7.49. The third-order valence-corrected chi connectivity index (χ3v) is 3.29. The molecule has 0 aliphatic rings. The molecule has 0 amide bonds. The Morgan fingerprint density at radius 2 is 1.69 bits per heavy atom. The summed E-state index contributed by atoms with van der Waals surface area (Å²) in [6.45, 7) is 0. The minimum absolute atomic E-state index is 0.170. The van der Waals surface area contributed by atoms with Crippen LogP contribution in [0, 0.1) is 0 Å². The lowest BCUT2D eigenvalue weighted by Crippen LogP contribution is -2.01. The lowest BCUT2D eigenvalue weighted by Gasteiger charge is -2.07. The van der Waals surface area contributed by atoms with E-state index in [9.17, 15) is 8.42 Å². The summed E-state index contributed by atoms with van der Waals surface area (Å²) in [5.74, 6) is 0. The minimum atomic E-state index is -4.26. The van der Waals surface area contributed by atoms with E-state index in [4.69, 9.17) is 16.0 Å². The molecule has 0 spiro atoms. The number of nitrogen functional groups attached to an aromatic ring is 2. The number of benzene rings is 2. The third-order valence-electron chi connectivity index (χ3n) is 2.37. The van der Waals surface area contributed by atoms with Crippen LogP contribution in [0.15, 0.2) is 35.2 Å². The van der Waals surface area contributed by atoms with Gasteiger partial charge < -0.3 is 11.5 Å². The van der Waals surface area contributed by atoms with E-state index in [-0.39, 0.29) is 4.90 Å². The van der Waals surface area contributed by atoms with Crippen molar-refractivity contribution in [1.82, 2.24) is 0 Å². The van der Waals surface area contributed by atoms with Crippen LogP contribution in [0.2, 0.25) is 0 Å². The first-order valence-electron chi connectivity index (χ1n) is 4.45. The average Bonchev–Trinajstić information content (AvgIpc) is 2.21. The standard InChI is InChI=1S/C10H10N2O3S/c11-8-5-4-6-7(10(8)12)2-1-3-9(6)16(13,14)15/h1-5H,11-12H2,(H,13,14,15). The fourth-order valence-corrected chi connectivity index (χ4v) is 2.30. The monoisotopic (exact) mass is 238 g/mol. The zero-order valence-corrected chi connectivity index (χ0v) is 9.03. The molecule has 0 saturated heterocycles. The van der Waals surface area contributed by atoms with E-state index in [2.05, 4.69) is 0 Å². The van der Waals surface area contributed by atoms with E-state index in [0.717, 1.165) is 0 Å². The molecule has 0 radical (unpaired) electrons. The van der Waals surface area contributed by atoms with Gasteiger partial charge in [0.25, 0.3) is 10.1 Å². The van der Waals surface area contributed by atoms with Crippen molar-refractivity contribution in [2.75, 3.05) is 11.5 Å². The van der Waals surface area contributed by atoms with Crippen LogP contribution in [0.4, 0.5) is 11.4 Å². The molecule has 0 aliphatic carbocycles. The summed E-state index contributed by atoms with van der Waals surface area (Å²) < 4.78 is 31.3. The van der Waals surface area contributed by atoms with Crippen molar-refractivity contribution in [1.29, 1.82) is 0 Å². The summed E-state index contributed by atoms with van der Waals surface area (Å²) >= 11 is 0. The molecule has 6 heteroatoms. The summed E-state index contributed by atoms with van der Waals surface area (Å²) in [6.07, 6.45) is 0. The summed E-state index contributed by atoms with van der Waals surface area (Å²) in [5, 5.41) is 0.867. The first-order chi connectivity index (χ1) is 7.41. The Balaban J connectivity index is 2.96. The van der Waals surface area contributed by atoms with Crippen LogP contribution in [0.3, 0.4) is 0 Å². The lowest BCUT2D eigenvalue weighted by atomic mass is 10.1. The second-order valence-electron chi connectivity index (χ2n) is 3.39. The molecule has 2 aromatic carbocycles. The lowest BCUT2D eigenvalue weighted by molar-refractivity contribution is 0.484. The SMILES string of the molecule is Nc1ccc2c(S(=O)(=O)O)cccc2c1N.